The van der Waals surface area contributed by atoms with Gasteiger partial charge in [-0.3, -0.25) is 4.79 Å². The number of fused-ring (bicyclic) bond motifs is 1. The van der Waals surface area contributed by atoms with E-state index in [1.807, 2.05) is 30.3 Å². The van der Waals surface area contributed by atoms with E-state index in [1.165, 1.54) is 5.56 Å². The maximum absolute atomic E-state index is 12.0. The average molecular weight is 396 g/mol. The molecule has 1 aliphatic rings. The van der Waals surface area contributed by atoms with Crippen molar-refractivity contribution in [3.05, 3.63) is 48.0 Å². The van der Waals surface area contributed by atoms with Crippen LogP contribution in [0.25, 0.3) is 20.8 Å². The fourth-order valence-electron chi connectivity index (χ4n) is 3.04. The van der Waals surface area contributed by atoms with E-state index in [1.54, 1.807) is 11.3 Å². The smallest absolute Gasteiger partial charge is 0.335 e. The Kier molecular flexibility index (Phi) is 5.36. The molecule has 4 rings (SSSR count). The van der Waals surface area contributed by atoms with Gasteiger partial charge in [-0.2, -0.15) is 0 Å². The Morgan fingerprint density at radius 3 is 2.82 bits per heavy atom. The third kappa shape index (κ3) is 4.21. The topological polar surface area (TPSA) is 77.5 Å². The predicted molar refractivity (Wildman–Crippen MR) is 108 cm³/mol. The summed E-state index contributed by atoms with van der Waals surface area (Å²) in [6, 6.07) is 13.7. The Hall–Kier alpha value is -2.77. The van der Waals surface area contributed by atoms with E-state index in [-0.39, 0.29) is 12.5 Å². The first-order valence-electron chi connectivity index (χ1n) is 9.14. The van der Waals surface area contributed by atoms with Crippen LogP contribution in [-0.4, -0.2) is 36.2 Å². The van der Waals surface area contributed by atoms with Gasteiger partial charge in [0.25, 0.3) is 5.91 Å². The Balaban J connectivity index is 1.35. The number of carbonyl (C=O) groups excluding carboxylic acids is 2. The highest BCUT2D eigenvalue weighted by molar-refractivity contribution is 7.21. The number of aromatic nitrogens is 1. The number of hydrogen-bond donors (Lipinski definition) is 1. The second-order valence-corrected chi connectivity index (χ2v) is 7.76. The first kappa shape index (κ1) is 18.6. The number of esters is 1. The highest BCUT2D eigenvalue weighted by Gasteiger charge is 2.25. The number of aryl methyl sites for hydroxylation is 1. The minimum Gasteiger partial charge on any atom is -0.454 e. The van der Waals surface area contributed by atoms with Crippen molar-refractivity contribution in [1.29, 1.82) is 0 Å². The Morgan fingerprint density at radius 2 is 2.07 bits per heavy atom. The zero-order chi connectivity index (χ0) is 19.5. The van der Waals surface area contributed by atoms with Gasteiger partial charge >= 0.3 is 5.97 Å². The van der Waals surface area contributed by atoms with Crippen LogP contribution in [0.2, 0.25) is 0 Å². The zero-order valence-electron chi connectivity index (χ0n) is 15.4. The molecule has 7 heteroatoms. The number of anilines is 1. The van der Waals surface area contributed by atoms with Crippen molar-refractivity contribution in [2.75, 3.05) is 18.5 Å². The van der Waals surface area contributed by atoms with Crippen molar-refractivity contribution in [1.82, 2.24) is 4.98 Å². The normalized spacial score (nSPS) is 16.2. The number of ether oxygens (including phenoxy) is 2. The molecule has 1 atom stereocenters. The van der Waals surface area contributed by atoms with Crippen LogP contribution in [0, 0.1) is 6.92 Å². The van der Waals surface area contributed by atoms with Gasteiger partial charge in [-0.05, 0) is 61.7 Å². The van der Waals surface area contributed by atoms with Crippen molar-refractivity contribution in [3.63, 3.8) is 0 Å². The number of nitrogens with one attached hydrogen (secondary N) is 1. The van der Waals surface area contributed by atoms with Crippen LogP contribution >= 0.6 is 11.3 Å². The van der Waals surface area contributed by atoms with Crippen molar-refractivity contribution < 1.29 is 19.1 Å². The minimum absolute atomic E-state index is 0.322. The predicted octanol–water partition coefficient (Wildman–Crippen LogP) is 3.93. The molecular formula is C21H20N2O4S. The van der Waals surface area contributed by atoms with E-state index in [2.05, 4.69) is 29.4 Å². The van der Waals surface area contributed by atoms with E-state index in [9.17, 15) is 9.59 Å². The summed E-state index contributed by atoms with van der Waals surface area (Å²) >= 11 is 1.64. The molecule has 0 unspecified atom stereocenters. The van der Waals surface area contributed by atoms with Gasteiger partial charge in [0.15, 0.2) is 12.7 Å². The standard InChI is InChI=1S/C21H20N2O4S/c1-13-4-9-16-18(11-13)28-20(23-16)14-5-7-15(8-6-14)22-19(24)12-27-21(25)17-3-2-10-26-17/h4-9,11,17H,2-3,10,12H2,1H3,(H,22,24)/t17-/m0/s1. The van der Waals surface area contributed by atoms with Gasteiger partial charge in [0.05, 0.1) is 10.2 Å². The summed E-state index contributed by atoms with van der Waals surface area (Å²) in [7, 11) is 0. The van der Waals surface area contributed by atoms with Crippen molar-refractivity contribution >= 4 is 39.1 Å². The molecule has 2 aromatic carbocycles. The summed E-state index contributed by atoms with van der Waals surface area (Å²) in [6.07, 6.45) is 0.949. The van der Waals surface area contributed by atoms with Crippen LogP contribution in [0.15, 0.2) is 42.5 Å². The third-order valence-electron chi connectivity index (χ3n) is 4.50. The van der Waals surface area contributed by atoms with Crippen molar-refractivity contribution in [3.8, 4) is 10.6 Å². The Labute approximate surface area is 166 Å². The Bertz CT molecular complexity index is 1010. The minimum atomic E-state index is -0.537. The summed E-state index contributed by atoms with van der Waals surface area (Å²) in [6.45, 7) is 2.30. The largest absolute Gasteiger partial charge is 0.454 e. The quantitative estimate of drug-likeness (QED) is 0.661. The number of nitrogens with zero attached hydrogens (tertiary/aromatic N) is 1. The van der Waals surface area contributed by atoms with E-state index in [4.69, 9.17) is 9.47 Å². The van der Waals surface area contributed by atoms with E-state index < -0.39 is 12.1 Å². The lowest BCUT2D eigenvalue weighted by molar-refractivity contribution is -0.156. The molecule has 28 heavy (non-hydrogen) atoms. The van der Waals surface area contributed by atoms with E-state index in [0.717, 1.165) is 27.2 Å². The second kappa shape index (κ2) is 8.08. The summed E-state index contributed by atoms with van der Waals surface area (Å²) in [5.74, 6) is -0.858. The fraction of sp³-hybridized carbons (Fsp3) is 0.286. The van der Waals surface area contributed by atoms with Crippen molar-refractivity contribution in [2.45, 2.75) is 25.9 Å². The summed E-state index contributed by atoms with van der Waals surface area (Å²) in [5.41, 5.74) is 3.82. The molecule has 0 radical (unpaired) electrons. The molecule has 1 aliphatic heterocycles. The molecule has 0 spiro atoms. The fourth-order valence-corrected chi connectivity index (χ4v) is 4.11. The molecule has 1 saturated heterocycles. The van der Waals surface area contributed by atoms with Crippen LogP contribution in [0.4, 0.5) is 5.69 Å². The number of amides is 1. The number of hydrogen-bond acceptors (Lipinski definition) is 6. The lowest BCUT2D eigenvalue weighted by Gasteiger charge is -2.10. The van der Waals surface area contributed by atoms with Crippen LogP contribution in [0.1, 0.15) is 18.4 Å². The van der Waals surface area contributed by atoms with Crippen LogP contribution < -0.4 is 5.32 Å². The van der Waals surface area contributed by atoms with Gasteiger partial charge in [-0.1, -0.05) is 6.07 Å². The number of carbonyl (C=O) groups is 2. The molecule has 1 amide bonds. The van der Waals surface area contributed by atoms with Gasteiger partial charge in [-0.25, -0.2) is 9.78 Å². The zero-order valence-corrected chi connectivity index (χ0v) is 16.3. The number of thiazole rings is 1. The highest BCUT2D eigenvalue weighted by atomic mass is 32.1. The third-order valence-corrected chi connectivity index (χ3v) is 5.56. The van der Waals surface area contributed by atoms with E-state index in [0.29, 0.717) is 18.7 Å². The van der Waals surface area contributed by atoms with Gasteiger partial charge in [0.2, 0.25) is 0 Å². The second-order valence-electron chi connectivity index (χ2n) is 6.73. The molecule has 6 nitrogen and oxygen atoms in total. The molecule has 144 valence electrons. The van der Waals surface area contributed by atoms with Gasteiger partial charge in [0.1, 0.15) is 5.01 Å². The molecule has 1 N–H and O–H groups in total. The number of rotatable bonds is 5. The molecule has 2 heterocycles. The van der Waals surface area contributed by atoms with E-state index >= 15 is 0 Å². The summed E-state index contributed by atoms with van der Waals surface area (Å²) in [5, 5.41) is 3.66. The van der Waals surface area contributed by atoms with Gasteiger partial charge in [0, 0.05) is 17.9 Å². The monoisotopic (exact) mass is 396 g/mol. The summed E-state index contributed by atoms with van der Waals surface area (Å²) in [4.78, 5) is 28.4. The van der Waals surface area contributed by atoms with Crippen LogP contribution in [-0.2, 0) is 19.1 Å². The van der Waals surface area contributed by atoms with Gasteiger partial charge < -0.3 is 14.8 Å². The van der Waals surface area contributed by atoms with Gasteiger partial charge in [-0.15, -0.1) is 11.3 Å². The molecular weight excluding hydrogens is 376 g/mol. The van der Waals surface area contributed by atoms with Crippen molar-refractivity contribution in [2.24, 2.45) is 0 Å². The first-order valence-corrected chi connectivity index (χ1v) is 9.96. The van der Waals surface area contributed by atoms with Crippen LogP contribution in [0.3, 0.4) is 0 Å². The first-order chi connectivity index (χ1) is 13.6. The summed E-state index contributed by atoms with van der Waals surface area (Å²) < 4.78 is 11.4. The molecule has 1 fully saturated rings. The molecule has 0 bridgehead atoms. The number of benzene rings is 2. The molecule has 3 aromatic rings. The maximum Gasteiger partial charge on any atom is 0.335 e. The maximum atomic E-state index is 12.0. The van der Waals surface area contributed by atoms with Crippen LogP contribution in [0.5, 0.6) is 0 Å². The highest BCUT2D eigenvalue weighted by Crippen LogP contribution is 2.31. The molecule has 0 aliphatic carbocycles. The SMILES string of the molecule is Cc1ccc2nc(-c3ccc(NC(=O)COC(=O)[C@@H]4CCCO4)cc3)sc2c1. The lowest BCUT2D eigenvalue weighted by Crippen LogP contribution is -2.27. The average Bonchev–Trinajstić information content (AvgIpc) is 3.36. The Morgan fingerprint density at radius 1 is 1.25 bits per heavy atom. The lowest BCUT2D eigenvalue weighted by atomic mass is 10.2. The molecule has 0 saturated carbocycles. The molecule has 1 aromatic heterocycles.